The Labute approximate surface area is 144 Å². The summed E-state index contributed by atoms with van der Waals surface area (Å²) in [6, 6.07) is 4.22. The number of carbonyl (C=O) groups is 1. The number of aromatic nitrogens is 2. The van der Waals surface area contributed by atoms with E-state index in [0.717, 1.165) is 6.42 Å². The van der Waals surface area contributed by atoms with Gasteiger partial charge in [0.1, 0.15) is 18.0 Å². The molecular weight excluding hydrogens is 327 g/mol. The topological polar surface area (TPSA) is 103 Å². The minimum absolute atomic E-state index is 0.0148. The number of aryl methyl sites for hydroxylation is 1. The van der Waals surface area contributed by atoms with Gasteiger partial charge in [0.15, 0.2) is 0 Å². The number of ether oxygens (including phenoxy) is 1. The third-order valence-electron chi connectivity index (χ3n) is 4.38. The normalized spacial score (nSPS) is 21.3. The van der Waals surface area contributed by atoms with Gasteiger partial charge in [0.2, 0.25) is 17.6 Å². The van der Waals surface area contributed by atoms with Crippen LogP contribution in [0, 0.1) is 18.7 Å². The first-order valence-electron chi connectivity index (χ1n) is 8.21. The summed E-state index contributed by atoms with van der Waals surface area (Å²) < 4.78 is 24.3. The molecule has 1 aromatic heterocycles. The molecule has 1 aliphatic rings. The molecule has 1 aliphatic heterocycles. The molecular formula is C17H21FN4O3. The highest BCUT2D eigenvalue weighted by atomic mass is 19.1. The van der Waals surface area contributed by atoms with Crippen molar-refractivity contribution >= 4 is 5.91 Å². The second-order valence-electron chi connectivity index (χ2n) is 6.23. The van der Waals surface area contributed by atoms with E-state index in [-0.39, 0.29) is 29.4 Å². The molecule has 1 fully saturated rings. The van der Waals surface area contributed by atoms with Gasteiger partial charge in [-0.25, -0.2) is 4.39 Å². The molecule has 25 heavy (non-hydrogen) atoms. The van der Waals surface area contributed by atoms with Crippen molar-refractivity contribution in [3.63, 3.8) is 0 Å². The number of benzene rings is 1. The zero-order chi connectivity index (χ0) is 18.0. The lowest BCUT2D eigenvalue weighted by Crippen LogP contribution is -2.41. The van der Waals surface area contributed by atoms with E-state index in [1.165, 1.54) is 6.07 Å². The lowest BCUT2D eigenvalue weighted by Gasteiger charge is -2.18. The molecule has 0 radical (unpaired) electrons. The largest absolute Gasteiger partial charge is 0.368 e. The van der Waals surface area contributed by atoms with Gasteiger partial charge in [-0.05, 0) is 38.4 Å². The summed E-state index contributed by atoms with van der Waals surface area (Å²) in [5, 5.41) is 6.66. The molecule has 1 amide bonds. The molecule has 3 N–H and O–H groups in total. The number of nitrogens with two attached hydrogens (primary N) is 1. The molecule has 7 nitrogen and oxygen atoms in total. The monoisotopic (exact) mass is 348 g/mol. The Bertz CT molecular complexity index is 764. The molecule has 2 aromatic rings. The SMILES string of the molecule is Cc1ccc(-c2noc(C(C)NC(=O)[C@@H]3OCC[C@@H]3CN)n2)cc1F. The molecule has 0 saturated carbocycles. The van der Waals surface area contributed by atoms with Gasteiger partial charge < -0.3 is 20.3 Å². The van der Waals surface area contributed by atoms with Gasteiger partial charge in [-0.3, -0.25) is 4.79 Å². The smallest absolute Gasteiger partial charge is 0.250 e. The van der Waals surface area contributed by atoms with Crippen molar-refractivity contribution in [2.24, 2.45) is 11.7 Å². The van der Waals surface area contributed by atoms with Crippen LogP contribution in [0.4, 0.5) is 4.39 Å². The highest BCUT2D eigenvalue weighted by molar-refractivity contribution is 5.81. The van der Waals surface area contributed by atoms with Crippen LogP contribution in [0.5, 0.6) is 0 Å². The highest BCUT2D eigenvalue weighted by Gasteiger charge is 2.34. The number of amides is 1. The van der Waals surface area contributed by atoms with Crippen molar-refractivity contribution in [1.82, 2.24) is 15.5 Å². The first-order chi connectivity index (χ1) is 12.0. The van der Waals surface area contributed by atoms with Gasteiger partial charge in [0, 0.05) is 18.1 Å². The zero-order valence-corrected chi connectivity index (χ0v) is 14.2. The Kier molecular flexibility index (Phi) is 5.10. The fourth-order valence-electron chi connectivity index (χ4n) is 2.78. The standard InChI is InChI=1S/C17H21FN4O3/c1-9-3-4-11(7-13(9)18)15-21-17(25-22-15)10(2)20-16(23)14-12(8-19)5-6-24-14/h3-4,7,10,12,14H,5-6,8,19H2,1-2H3,(H,20,23)/t10?,12-,14-/m1/s1. The van der Waals surface area contributed by atoms with E-state index < -0.39 is 12.1 Å². The minimum atomic E-state index is -0.555. The number of hydrogen-bond donors (Lipinski definition) is 2. The van der Waals surface area contributed by atoms with Crippen molar-refractivity contribution in [2.45, 2.75) is 32.4 Å². The van der Waals surface area contributed by atoms with E-state index in [2.05, 4.69) is 15.5 Å². The summed E-state index contributed by atoms with van der Waals surface area (Å²) in [5.74, 6) is -0.0578. The highest BCUT2D eigenvalue weighted by Crippen LogP contribution is 2.23. The second kappa shape index (κ2) is 7.28. The molecule has 0 spiro atoms. The molecule has 0 bridgehead atoms. The van der Waals surface area contributed by atoms with Crippen LogP contribution in [0.2, 0.25) is 0 Å². The van der Waals surface area contributed by atoms with E-state index in [0.29, 0.717) is 24.3 Å². The molecule has 8 heteroatoms. The summed E-state index contributed by atoms with van der Waals surface area (Å²) in [5.41, 5.74) is 6.72. The maximum atomic E-state index is 13.7. The van der Waals surface area contributed by atoms with Gasteiger partial charge in [-0.1, -0.05) is 17.3 Å². The number of nitrogens with one attached hydrogen (secondary N) is 1. The first-order valence-corrected chi connectivity index (χ1v) is 8.21. The Balaban J connectivity index is 1.69. The maximum Gasteiger partial charge on any atom is 0.250 e. The van der Waals surface area contributed by atoms with Crippen LogP contribution in [0.1, 0.15) is 30.8 Å². The predicted molar refractivity (Wildman–Crippen MR) is 87.9 cm³/mol. The van der Waals surface area contributed by atoms with E-state index in [1.807, 2.05) is 0 Å². The summed E-state index contributed by atoms with van der Waals surface area (Å²) in [6.07, 6.45) is 0.216. The maximum absolute atomic E-state index is 13.7. The molecule has 0 aliphatic carbocycles. The summed E-state index contributed by atoms with van der Waals surface area (Å²) in [7, 11) is 0. The first kappa shape index (κ1) is 17.5. The lowest BCUT2D eigenvalue weighted by molar-refractivity contribution is -0.132. The number of nitrogens with zero attached hydrogens (tertiary/aromatic N) is 2. The van der Waals surface area contributed by atoms with Crippen molar-refractivity contribution in [3.05, 3.63) is 35.5 Å². The van der Waals surface area contributed by atoms with Crippen LogP contribution < -0.4 is 11.1 Å². The molecule has 1 saturated heterocycles. The average molecular weight is 348 g/mol. The van der Waals surface area contributed by atoms with E-state index >= 15 is 0 Å². The third kappa shape index (κ3) is 3.69. The van der Waals surface area contributed by atoms with Gasteiger partial charge in [-0.2, -0.15) is 4.98 Å². The molecule has 2 heterocycles. The van der Waals surface area contributed by atoms with E-state index in [4.69, 9.17) is 15.0 Å². The fraction of sp³-hybridized carbons (Fsp3) is 0.471. The van der Waals surface area contributed by atoms with Gasteiger partial charge in [0.25, 0.3) is 0 Å². The molecule has 3 rings (SSSR count). The Hall–Kier alpha value is -2.32. The van der Waals surface area contributed by atoms with Crippen molar-refractivity contribution < 1.29 is 18.4 Å². The van der Waals surface area contributed by atoms with Crippen LogP contribution >= 0.6 is 0 Å². The van der Waals surface area contributed by atoms with Crippen molar-refractivity contribution in [3.8, 4) is 11.4 Å². The third-order valence-corrected chi connectivity index (χ3v) is 4.38. The van der Waals surface area contributed by atoms with Crippen LogP contribution in [0.3, 0.4) is 0 Å². The second-order valence-corrected chi connectivity index (χ2v) is 6.23. The number of rotatable bonds is 5. The Morgan fingerprint density at radius 1 is 1.52 bits per heavy atom. The van der Waals surface area contributed by atoms with Gasteiger partial charge >= 0.3 is 0 Å². The van der Waals surface area contributed by atoms with Crippen LogP contribution in [0.15, 0.2) is 22.7 Å². The van der Waals surface area contributed by atoms with E-state index in [1.54, 1.807) is 26.0 Å². The molecule has 3 atom stereocenters. The molecule has 1 unspecified atom stereocenters. The summed E-state index contributed by atoms with van der Waals surface area (Å²) >= 11 is 0. The van der Waals surface area contributed by atoms with Crippen LogP contribution in [-0.2, 0) is 9.53 Å². The Morgan fingerprint density at radius 2 is 2.32 bits per heavy atom. The van der Waals surface area contributed by atoms with Gasteiger partial charge in [-0.15, -0.1) is 0 Å². The predicted octanol–water partition coefficient (Wildman–Crippen LogP) is 1.73. The van der Waals surface area contributed by atoms with Gasteiger partial charge in [0.05, 0.1) is 0 Å². The van der Waals surface area contributed by atoms with Crippen molar-refractivity contribution in [1.29, 1.82) is 0 Å². The average Bonchev–Trinajstić information content (AvgIpc) is 3.26. The van der Waals surface area contributed by atoms with Crippen LogP contribution in [-0.4, -0.2) is 35.3 Å². The fourth-order valence-corrected chi connectivity index (χ4v) is 2.78. The molecule has 1 aromatic carbocycles. The van der Waals surface area contributed by atoms with Crippen LogP contribution in [0.25, 0.3) is 11.4 Å². The minimum Gasteiger partial charge on any atom is -0.368 e. The van der Waals surface area contributed by atoms with E-state index in [9.17, 15) is 9.18 Å². The Morgan fingerprint density at radius 3 is 3.04 bits per heavy atom. The number of hydrogen-bond acceptors (Lipinski definition) is 6. The quantitative estimate of drug-likeness (QED) is 0.853. The molecule has 134 valence electrons. The summed E-state index contributed by atoms with van der Waals surface area (Å²) in [6.45, 7) is 4.34. The number of carbonyl (C=O) groups excluding carboxylic acids is 1. The lowest BCUT2D eigenvalue weighted by atomic mass is 10.0. The number of halogens is 1. The van der Waals surface area contributed by atoms with Crippen molar-refractivity contribution in [2.75, 3.05) is 13.2 Å². The summed E-state index contributed by atoms with van der Waals surface area (Å²) in [4.78, 5) is 16.6. The zero-order valence-electron chi connectivity index (χ0n) is 14.2.